The van der Waals surface area contributed by atoms with Gasteiger partial charge in [0, 0.05) is 6.20 Å². The second kappa shape index (κ2) is 5.96. The second-order valence-electron chi connectivity index (χ2n) is 5.36. The SMILES string of the molecule is N#CC1CCC(c2ccccc2)CC1n1cc(I)cn1. The Balaban J connectivity index is 1.85. The fraction of sp³-hybridized carbons (Fsp3) is 0.375. The summed E-state index contributed by atoms with van der Waals surface area (Å²) < 4.78 is 3.12. The maximum absolute atomic E-state index is 9.39. The number of aromatic nitrogens is 2. The van der Waals surface area contributed by atoms with Gasteiger partial charge < -0.3 is 0 Å². The van der Waals surface area contributed by atoms with Crippen molar-refractivity contribution in [1.82, 2.24) is 9.78 Å². The summed E-state index contributed by atoms with van der Waals surface area (Å²) in [7, 11) is 0. The quantitative estimate of drug-likeness (QED) is 0.739. The van der Waals surface area contributed by atoms with Crippen molar-refractivity contribution in [2.75, 3.05) is 0 Å². The van der Waals surface area contributed by atoms with Crippen LogP contribution in [0.4, 0.5) is 0 Å². The molecule has 4 heteroatoms. The lowest BCUT2D eigenvalue weighted by Crippen LogP contribution is -2.26. The van der Waals surface area contributed by atoms with Gasteiger partial charge in [-0.3, -0.25) is 4.68 Å². The minimum atomic E-state index is 0.0747. The molecule has 1 saturated carbocycles. The molecule has 1 heterocycles. The molecule has 3 rings (SSSR count). The van der Waals surface area contributed by atoms with Gasteiger partial charge in [-0.25, -0.2) is 0 Å². The van der Waals surface area contributed by atoms with Crippen LogP contribution in [0, 0.1) is 20.8 Å². The van der Waals surface area contributed by atoms with E-state index in [2.05, 4.69) is 64.1 Å². The molecule has 0 bridgehead atoms. The summed E-state index contributed by atoms with van der Waals surface area (Å²) in [4.78, 5) is 0. The number of benzene rings is 1. The van der Waals surface area contributed by atoms with Crippen molar-refractivity contribution < 1.29 is 0 Å². The van der Waals surface area contributed by atoms with Crippen LogP contribution < -0.4 is 0 Å². The van der Waals surface area contributed by atoms with Crippen LogP contribution in [-0.2, 0) is 0 Å². The summed E-state index contributed by atoms with van der Waals surface area (Å²) in [5.41, 5.74) is 1.38. The van der Waals surface area contributed by atoms with E-state index in [0.717, 1.165) is 22.8 Å². The van der Waals surface area contributed by atoms with Gasteiger partial charge in [-0.2, -0.15) is 10.4 Å². The molecule has 0 amide bonds. The van der Waals surface area contributed by atoms with Crippen LogP contribution in [0.25, 0.3) is 0 Å². The molecule has 102 valence electrons. The lowest BCUT2D eigenvalue weighted by Gasteiger charge is -2.33. The summed E-state index contributed by atoms with van der Waals surface area (Å²) in [6, 6.07) is 13.3. The van der Waals surface area contributed by atoms with Gasteiger partial charge in [-0.05, 0) is 53.3 Å². The molecule has 1 aliphatic carbocycles. The molecule has 2 aromatic rings. The zero-order valence-electron chi connectivity index (χ0n) is 11.1. The molecule has 1 aromatic heterocycles. The third kappa shape index (κ3) is 2.73. The molecule has 1 aliphatic rings. The lowest BCUT2D eigenvalue weighted by atomic mass is 9.76. The Labute approximate surface area is 132 Å². The van der Waals surface area contributed by atoms with Crippen molar-refractivity contribution >= 4 is 22.6 Å². The Bertz CT molecular complexity index is 614. The molecule has 20 heavy (non-hydrogen) atoms. The molecule has 0 N–H and O–H groups in total. The van der Waals surface area contributed by atoms with Crippen molar-refractivity contribution in [2.45, 2.75) is 31.2 Å². The first-order valence-corrected chi connectivity index (χ1v) is 8.00. The van der Waals surface area contributed by atoms with Crippen LogP contribution in [0.2, 0.25) is 0 Å². The number of rotatable bonds is 2. The van der Waals surface area contributed by atoms with Gasteiger partial charge in [-0.1, -0.05) is 30.3 Å². The largest absolute Gasteiger partial charge is 0.267 e. The number of hydrogen-bond donors (Lipinski definition) is 0. The molecule has 0 spiro atoms. The van der Waals surface area contributed by atoms with Gasteiger partial charge in [0.1, 0.15) is 0 Å². The van der Waals surface area contributed by atoms with Crippen LogP contribution in [0.5, 0.6) is 0 Å². The maximum atomic E-state index is 9.39. The van der Waals surface area contributed by atoms with E-state index in [1.165, 1.54) is 5.56 Å². The molecule has 0 radical (unpaired) electrons. The summed E-state index contributed by atoms with van der Waals surface area (Å²) in [6.45, 7) is 0. The van der Waals surface area contributed by atoms with Crippen LogP contribution in [-0.4, -0.2) is 9.78 Å². The fourth-order valence-electron chi connectivity index (χ4n) is 3.11. The first-order chi connectivity index (χ1) is 9.78. The molecule has 3 atom stereocenters. The number of hydrogen-bond acceptors (Lipinski definition) is 2. The van der Waals surface area contributed by atoms with E-state index in [-0.39, 0.29) is 12.0 Å². The molecule has 1 fully saturated rings. The standard InChI is InChI=1S/C16H16IN3/c17-15-10-19-20(11-15)16-8-13(6-7-14(16)9-18)12-4-2-1-3-5-12/h1-5,10-11,13-14,16H,6-8H2. The van der Waals surface area contributed by atoms with Gasteiger partial charge in [0.15, 0.2) is 0 Å². The lowest BCUT2D eigenvalue weighted by molar-refractivity contribution is 0.246. The predicted octanol–water partition coefficient (Wildman–Crippen LogP) is 4.14. The van der Waals surface area contributed by atoms with E-state index in [1.54, 1.807) is 0 Å². The minimum Gasteiger partial charge on any atom is -0.267 e. The van der Waals surface area contributed by atoms with Gasteiger partial charge in [-0.15, -0.1) is 0 Å². The summed E-state index contributed by atoms with van der Waals surface area (Å²) in [6.07, 6.45) is 6.96. The second-order valence-corrected chi connectivity index (χ2v) is 6.61. The Morgan fingerprint density at radius 1 is 1.25 bits per heavy atom. The van der Waals surface area contributed by atoms with E-state index in [4.69, 9.17) is 0 Å². The molecular weight excluding hydrogens is 361 g/mol. The van der Waals surface area contributed by atoms with E-state index < -0.39 is 0 Å². The average molecular weight is 377 g/mol. The Morgan fingerprint density at radius 3 is 2.70 bits per heavy atom. The van der Waals surface area contributed by atoms with E-state index in [0.29, 0.717) is 5.92 Å². The highest BCUT2D eigenvalue weighted by molar-refractivity contribution is 14.1. The van der Waals surface area contributed by atoms with E-state index >= 15 is 0 Å². The zero-order chi connectivity index (χ0) is 13.9. The third-order valence-electron chi connectivity index (χ3n) is 4.16. The monoisotopic (exact) mass is 377 g/mol. The van der Waals surface area contributed by atoms with Gasteiger partial charge in [0.05, 0.1) is 27.8 Å². The van der Waals surface area contributed by atoms with Crippen molar-refractivity contribution in [3.8, 4) is 6.07 Å². The zero-order valence-corrected chi connectivity index (χ0v) is 13.3. The average Bonchev–Trinajstić information content (AvgIpc) is 2.94. The summed E-state index contributed by atoms with van der Waals surface area (Å²) in [5.74, 6) is 0.610. The molecule has 3 unspecified atom stereocenters. The minimum absolute atomic E-state index is 0.0747. The third-order valence-corrected chi connectivity index (χ3v) is 4.72. The van der Waals surface area contributed by atoms with E-state index in [9.17, 15) is 5.26 Å². The van der Waals surface area contributed by atoms with E-state index in [1.807, 2.05) is 17.1 Å². The Kier molecular flexibility index (Phi) is 4.06. The highest BCUT2D eigenvalue weighted by Gasteiger charge is 2.32. The highest BCUT2D eigenvalue weighted by atomic mass is 127. The van der Waals surface area contributed by atoms with Crippen molar-refractivity contribution in [3.63, 3.8) is 0 Å². The molecular formula is C16H16IN3. The van der Waals surface area contributed by atoms with Crippen LogP contribution in [0.3, 0.4) is 0 Å². The number of halogens is 1. The van der Waals surface area contributed by atoms with Crippen molar-refractivity contribution in [3.05, 3.63) is 51.9 Å². The fourth-order valence-corrected chi connectivity index (χ4v) is 3.52. The van der Waals surface area contributed by atoms with Crippen molar-refractivity contribution in [1.29, 1.82) is 5.26 Å². The first kappa shape index (κ1) is 13.6. The smallest absolute Gasteiger partial charge is 0.0688 e. The summed E-state index contributed by atoms with van der Waals surface area (Å²) >= 11 is 2.27. The maximum Gasteiger partial charge on any atom is 0.0688 e. The molecule has 0 aliphatic heterocycles. The van der Waals surface area contributed by atoms with Gasteiger partial charge in [0.25, 0.3) is 0 Å². The highest BCUT2D eigenvalue weighted by Crippen LogP contribution is 2.41. The van der Waals surface area contributed by atoms with Gasteiger partial charge in [0.2, 0.25) is 0 Å². The molecule has 1 aromatic carbocycles. The van der Waals surface area contributed by atoms with Gasteiger partial charge >= 0.3 is 0 Å². The molecule has 3 nitrogen and oxygen atoms in total. The number of nitriles is 1. The van der Waals surface area contributed by atoms with Crippen molar-refractivity contribution in [2.24, 2.45) is 5.92 Å². The van der Waals surface area contributed by atoms with Crippen LogP contribution >= 0.6 is 22.6 Å². The molecule has 0 saturated heterocycles. The predicted molar refractivity (Wildman–Crippen MR) is 86.1 cm³/mol. The number of nitrogens with zero attached hydrogens (tertiary/aromatic N) is 3. The van der Waals surface area contributed by atoms with Crippen LogP contribution in [0.15, 0.2) is 42.7 Å². The topological polar surface area (TPSA) is 41.6 Å². The normalized spacial score (nSPS) is 26.1. The first-order valence-electron chi connectivity index (χ1n) is 6.92. The summed E-state index contributed by atoms with van der Waals surface area (Å²) in [5, 5.41) is 13.8. The van der Waals surface area contributed by atoms with Crippen LogP contribution in [0.1, 0.15) is 36.8 Å². The Morgan fingerprint density at radius 2 is 2.05 bits per heavy atom. The Hall–Kier alpha value is -1.35.